The largest absolute Gasteiger partial charge is 0.370 e. The summed E-state index contributed by atoms with van der Waals surface area (Å²) in [4.78, 5) is 107. The Morgan fingerprint density at radius 3 is 2.27 bits per heavy atom. The molecule has 0 spiro atoms. The molecule has 2 aliphatic rings. The zero-order chi connectivity index (χ0) is 43.2. The van der Waals surface area contributed by atoms with E-state index >= 15 is 0 Å². The Morgan fingerprint density at radius 2 is 1.61 bits per heavy atom. The number of thiol groups is 1. The molecule has 2 aliphatic heterocycles. The van der Waals surface area contributed by atoms with E-state index in [2.05, 4.69) is 48.9 Å². The van der Waals surface area contributed by atoms with Gasteiger partial charge in [0.15, 0.2) is 11.9 Å². The molecule has 2 fully saturated rings. The quantitative estimate of drug-likeness (QED) is 0.0269. The second-order valence-corrected chi connectivity index (χ2v) is 15.8. The lowest BCUT2D eigenvalue weighted by molar-refractivity contribution is -0.156. The molecule has 2 saturated heterocycles. The van der Waals surface area contributed by atoms with Crippen LogP contribution in [0.1, 0.15) is 44.6 Å². The van der Waals surface area contributed by atoms with Crippen molar-refractivity contribution in [1.82, 2.24) is 36.1 Å². The number of aromatic amines is 1. The molecule has 0 radical (unpaired) electrons. The minimum Gasteiger partial charge on any atom is -0.370 e. The Balaban J connectivity index is 1.46. The summed E-state index contributed by atoms with van der Waals surface area (Å²) in [7, 11) is 0. The van der Waals surface area contributed by atoms with Crippen molar-refractivity contribution in [3.05, 3.63) is 36.0 Å². The summed E-state index contributed by atoms with van der Waals surface area (Å²) in [5, 5.41) is 10.7. The van der Waals surface area contributed by atoms with E-state index in [1.165, 1.54) is 28.5 Å². The number of thioether (sulfide) groups is 1. The van der Waals surface area contributed by atoms with Gasteiger partial charge in [0, 0.05) is 49.3 Å². The van der Waals surface area contributed by atoms with Gasteiger partial charge in [-0.3, -0.25) is 48.9 Å². The summed E-state index contributed by atoms with van der Waals surface area (Å²) < 4.78 is 0. The number of imide groups is 1. The van der Waals surface area contributed by atoms with Crippen molar-refractivity contribution in [2.45, 2.75) is 81.0 Å². The second-order valence-electron chi connectivity index (χ2n) is 14.1. The van der Waals surface area contributed by atoms with Gasteiger partial charge < -0.3 is 59.4 Å². The number of rotatable bonds is 20. The third-order valence-corrected chi connectivity index (χ3v) is 11.2. The topological polar surface area (TPSA) is 345 Å². The van der Waals surface area contributed by atoms with Crippen molar-refractivity contribution < 1.29 is 33.6 Å². The standard InChI is InChI=1S/C36H54N14O7S2/c1-19(51)45-24(9-5-12-43-36(40)41)31(54)46-25(14-20-15-44-23-8-3-2-6-21(20)23)32(55)47-26-18-59-29-17-49(34(57)27(10-13-58)50(29)33(26)56)16-28(52)48-30(53)22(37)7-4-11-42-35(38)39/h2-3,6,8,15,22,24-27,29,44,58H,4-5,7,9-14,16-18,37H2,1H3,(H,45,51)(H,46,54)(H,47,55)(H4,38,39,42)(H4,40,41,43)(H,48,52,53)/t22-,24-,25-,26+,27-,29?/m0/s1. The Bertz CT molecular complexity index is 1920. The highest BCUT2D eigenvalue weighted by Gasteiger charge is 2.48. The fourth-order valence-electron chi connectivity index (χ4n) is 6.80. The number of carbonyl (C=O) groups is 7. The molecule has 0 saturated carbocycles. The van der Waals surface area contributed by atoms with Crippen molar-refractivity contribution >= 4 is 88.6 Å². The van der Waals surface area contributed by atoms with Crippen LogP contribution in [0.4, 0.5) is 0 Å². The predicted molar refractivity (Wildman–Crippen MR) is 226 cm³/mol. The molecule has 6 atom stereocenters. The van der Waals surface area contributed by atoms with Crippen LogP contribution in [0.15, 0.2) is 40.4 Å². The summed E-state index contributed by atoms with van der Waals surface area (Å²) in [5.74, 6) is -4.09. The van der Waals surface area contributed by atoms with E-state index in [1.807, 2.05) is 24.3 Å². The lowest BCUT2D eigenvalue weighted by Crippen LogP contribution is -2.69. The van der Waals surface area contributed by atoms with Crippen molar-refractivity contribution in [2.75, 3.05) is 37.7 Å². The number of hydrogen-bond donors (Lipinski definition) is 11. The maximum absolute atomic E-state index is 14.2. The average Bonchev–Trinajstić information content (AvgIpc) is 3.59. The summed E-state index contributed by atoms with van der Waals surface area (Å²) in [6, 6.07) is 2.14. The molecule has 15 N–H and O–H groups in total. The highest BCUT2D eigenvalue weighted by atomic mass is 32.2. The fraction of sp³-hybridized carbons (Fsp3) is 0.528. The van der Waals surface area contributed by atoms with Gasteiger partial charge in [0.05, 0.1) is 18.0 Å². The summed E-state index contributed by atoms with van der Waals surface area (Å²) in [5.41, 5.74) is 28.9. The molecular weight excluding hydrogens is 805 g/mol. The number of hydrogen-bond acceptors (Lipinski definition) is 12. The minimum atomic E-state index is -1.19. The van der Waals surface area contributed by atoms with Crippen LogP contribution in [0.2, 0.25) is 0 Å². The van der Waals surface area contributed by atoms with Gasteiger partial charge in [-0.1, -0.05) is 18.2 Å². The van der Waals surface area contributed by atoms with Gasteiger partial charge in [-0.05, 0) is 49.5 Å². The highest BCUT2D eigenvalue weighted by Crippen LogP contribution is 2.33. The third kappa shape index (κ3) is 13.2. The van der Waals surface area contributed by atoms with Crippen LogP contribution in [0.25, 0.3) is 10.9 Å². The first-order valence-electron chi connectivity index (χ1n) is 19.1. The number of nitrogens with two attached hydrogens (primary N) is 5. The maximum Gasteiger partial charge on any atom is 0.247 e. The Hall–Kier alpha value is -5.55. The first kappa shape index (κ1) is 46.1. The van der Waals surface area contributed by atoms with E-state index < -0.39 is 83.5 Å². The second kappa shape index (κ2) is 22.0. The van der Waals surface area contributed by atoms with Crippen molar-refractivity contribution in [1.29, 1.82) is 0 Å². The number of guanidine groups is 2. The van der Waals surface area contributed by atoms with Gasteiger partial charge in [0.2, 0.25) is 41.4 Å². The number of carbonyl (C=O) groups excluding carboxylic acids is 7. The van der Waals surface area contributed by atoms with Gasteiger partial charge in [-0.25, -0.2) is 0 Å². The number of amides is 7. The SMILES string of the molecule is CC(=O)N[C@@H](CCCN=C(N)N)C(=O)N[C@@H](Cc1c[nH]c2ccccc12)C(=O)N[C@@H]1CSC2CN(CC(=O)NC(=O)[C@@H](N)CCCN=C(N)N)C(=O)[C@H](CCS)N2C1=O. The molecule has 21 nitrogen and oxygen atoms in total. The molecule has 23 heteroatoms. The average molecular weight is 859 g/mol. The molecule has 0 bridgehead atoms. The van der Waals surface area contributed by atoms with Crippen LogP contribution in [0.3, 0.4) is 0 Å². The minimum absolute atomic E-state index is 0.0157. The predicted octanol–water partition coefficient (Wildman–Crippen LogP) is -3.31. The maximum atomic E-state index is 14.2. The Morgan fingerprint density at radius 1 is 0.932 bits per heavy atom. The molecule has 1 aromatic heterocycles. The first-order valence-corrected chi connectivity index (χ1v) is 20.7. The number of benzene rings is 1. The normalized spacial score (nSPS) is 19.1. The van der Waals surface area contributed by atoms with Crippen molar-refractivity contribution in [3.63, 3.8) is 0 Å². The Kier molecular flexibility index (Phi) is 17.2. The number of nitrogens with one attached hydrogen (secondary N) is 5. The van der Waals surface area contributed by atoms with Crippen LogP contribution >= 0.6 is 24.4 Å². The smallest absolute Gasteiger partial charge is 0.247 e. The van der Waals surface area contributed by atoms with E-state index in [0.29, 0.717) is 12.8 Å². The lowest BCUT2D eigenvalue weighted by Gasteiger charge is -2.49. The molecule has 2 aromatic rings. The monoisotopic (exact) mass is 858 g/mol. The molecule has 59 heavy (non-hydrogen) atoms. The summed E-state index contributed by atoms with van der Waals surface area (Å²) in [6.07, 6.45) is 3.06. The number of H-pyrrole nitrogens is 1. The third-order valence-electron chi connectivity index (χ3n) is 9.62. The van der Waals surface area contributed by atoms with Gasteiger partial charge in [-0.15, -0.1) is 11.8 Å². The molecule has 1 unspecified atom stereocenters. The van der Waals surface area contributed by atoms with E-state index in [0.717, 1.165) is 16.5 Å². The van der Waals surface area contributed by atoms with E-state index in [9.17, 15) is 33.6 Å². The van der Waals surface area contributed by atoms with E-state index in [-0.39, 0.29) is 68.7 Å². The van der Waals surface area contributed by atoms with Crippen molar-refractivity contribution in [3.8, 4) is 0 Å². The number of aliphatic imine (C=N–C) groups is 2. The molecule has 322 valence electrons. The molecule has 7 amide bonds. The van der Waals surface area contributed by atoms with Gasteiger partial charge in [0.25, 0.3) is 0 Å². The van der Waals surface area contributed by atoms with E-state index in [4.69, 9.17) is 28.7 Å². The van der Waals surface area contributed by atoms with Gasteiger partial charge in [0.1, 0.15) is 30.7 Å². The number of fused-ring (bicyclic) bond motifs is 2. The highest BCUT2D eigenvalue weighted by molar-refractivity contribution is 8.00. The van der Waals surface area contributed by atoms with Gasteiger partial charge >= 0.3 is 0 Å². The molecule has 4 rings (SSSR count). The molecular formula is C36H54N14O7S2. The van der Waals surface area contributed by atoms with Crippen LogP contribution in [-0.4, -0.2) is 141 Å². The van der Waals surface area contributed by atoms with Crippen LogP contribution < -0.4 is 49.9 Å². The fourth-order valence-corrected chi connectivity index (χ4v) is 8.38. The van der Waals surface area contributed by atoms with Crippen LogP contribution in [-0.2, 0) is 40.0 Å². The van der Waals surface area contributed by atoms with Crippen molar-refractivity contribution in [2.24, 2.45) is 38.7 Å². The lowest BCUT2D eigenvalue weighted by atomic mass is 10.0. The van der Waals surface area contributed by atoms with Gasteiger partial charge in [-0.2, -0.15) is 12.6 Å². The number of nitrogens with zero attached hydrogens (tertiary/aromatic N) is 4. The zero-order valence-corrected chi connectivity index (χ0v) is 34.4. The number of aromatic nitrogens is 1. The van der Waals surface area contributed by atoms with Crippen LogP contribution in [0, 0.1) is 0 Å². The first-order chi connectivity index (χ1) is 28.1. The van der Waals surface area contributed by atoms with E-state index in [1.54, 1.807) is 6.20 Å². The Labute approximate surface area is 350 Å². The number of piperazine rings is 1. The molecule has 1 aromatic carbocycles. The summed E-state index contributed by atoms with van der Waals surface area (Å²) >= 11 is 5.63. The molecule has 0 aliphatic carbocycles. The van der Waals surface area contributed by atoms with Crippen LogP contribution in [0.5, 0.6) is 0 Å². The molecule has 3 heterocycles. The summed E-state index contributed by atoms with van der Waals surface area (Å²) in [6.45, 7) is 1.28. The zero-order valence-electron chi connectivity index (χ0n) is 32.7. The number of para-hydroxylation sites is 1.